The molecule has 0 saturated heterocycles. The van der Waals surface area contributed by atoms with Crippen LogP contribution in [0, 0.1) is 6.92 Å². The van der Waals surface area contributed by atoms with Crippen LogP contribution >= 0.6 is 31.9 Å². The second-order valence-corrected chi connectivity index (χ2v) is 3.46. The Bertz CT molecular complexity index is 242. The zero-order valence-electron chi connectivity index (χ0n) is 5.86. The first-order valence-corrected chi connectivity index (χ1v) is 4.82. The average molecular weight is 268 g/mol. The van der Waals surface area contributed by atoms with E-state index >= 15 is 0 Å². The lowest BCUT2D eigenvalue weighted by molar-refractivity contribution is 0.730. The highest BCUT2D eigenvalue weighted by molar-refractivity contribution is 9.10. The fourth-order valence-corrected chi connectivity index (χ4v) is 1.98. The van der Waals surface area contributed by atoms with E-state index in [0.29, 0.717) is 0 Å². The molecule has 1 aromatic heterocycles. The molecule has 0 N–H and O–H groups in total. The molecular weight excluding hydrogens is 260 g/mol. The summed E-state index contributed by atoms with van der Waals surface area (Å²) in [5, 5.41) is 5.05. The molecule has 0 atom stereocenters. The highest BCUT2D eigenvalue weighted by Crippen LogP contribution is 2.21. The van der Waals surface area contributed by atoms with E-state index in [1.165, 1.54) is 0 Å². The molecule has 0 aromatic carbocycles. The van der Waals surface area contributed by atoms with Crippen LogP contribution in [-0.2, 0) is 12.4 Å². The summed E-state index contributed by atoms with van der Waals surface area (Å²) >= 11 is 6.80. The third kappa shape index (κ3) is 1.27. The van der Waals surface area contributed by atoms with Gasteiger partial charge in [-0.15, -0.1) is 0 Å². The van der Waals surface area contributed by atoms with Crippen molar-refractivity contribution in [3.63, 3.8) is 0 Å². The Morgan fingerprint density at radius 1 is 1.60 bits per heavy atom. The van der Waals surface area contributed by atoms with Crippen molar-refractivity contribution < 1.29 is 0 Å². The van der Waals surface area contributed by atoms with Crippen molar-refractivity contribution in [1.82, 2.24) is 9.78 Å². The number of nitrogens with zero attached hydrogens (tertiary/aromatic N) is 2. The Hall–Kier alpha value is 0.170. The van der Waals surface area contributed by atoms with Gasteiger partial charge < -0.3 is 0 Å². The van der Waals surface area contributed by atoms with Gasteiger partial charge in [-0.25, -0.2) is 0 Å². The van der Waals surface area contributed by atoms with Gasteiger partial charge in [0.25, 0.3) is 0 Å². The summed E-state index contributed by atoms with van der Waals surface area (Å²) < 4.78 is 2.97. The first-order chi connectivity index (χ1) is 4.66. The maximum Gasteiger partial charge on any atom is 0.0874 e. The Labute approximate surface area is 76.9 Å². The third-order valence-corrected chi connectivity index (χ3v) is 3.02. The van der Waals surface area contributed by atoms with E-state index in [0.717, 1.165) is 21.2 Å². The van der Waals surface area contributed by atoms with E-state index in [-0.39, 0.29) is 0 Å². The van der Waals surface area contributed by atoms with E-state index in [2.05, 4.69) is 37.0 Å². The summed E-state index contributed by atoms with van der Waals surface area (Å²) in [5.41, 5.74) is 2.22. The average Bonchev–Trinajstić information content (AvgIpc) is 2.17. The predicted molar refractivity (Wildman–Crippen MR) is 48.3 cm³/mol. The zero-order chi connectivity index (χ0) is 7.72. The van der Waals surface area contributed by atoms with Crippen LogP contribution in [0.1, 0.15) is 11.4 Å². The molecule has 0 amide bonds. The van der Waals surface area contributed by atoms with Crippen LogP contribution in [0.4, 0.5) is 0 Å². The molecule has 0 fully saturated rings. The number of rotatable bonds is 1. The molecule has 0 aliphatic heterocycles. The highest BCUT2D eigenvalue weighted by Gasteiger charge is 2.07. The van der Waals surface area contributed by atoms with Gasteiger partial charge >= 0.3 is 0 Å². The maximum absolute atomic E-state index is 4.25. The summed E-state index contributed by atoms with van der Waals surface area (Å²) in [6, 6.07) is 0. The second kappa shape index (κ2) is 3.05. The maximum atomic E-state index is 4.25. The Kier molecular flexibility index (Phi) is 2.52. The highest BCUT2D eigenvalue weighted by atomic mass is 79.9. The lowest BCUT2D eigenvalue weighted by Gasteiger charge is -1.89. The molecular formula is C6H8Br2N2. The van der Waals surface area contributed by atoms with Crippen molar-refractivity contribution in [3.05, 3.63) is 15.9 Å². The van der Waals surface area contributed by atoms with Gasteiger partial charge in [0.15, 0.2) is 0 Å². The van der Waals surface area contributed by atoms with Crippen molar-refractivity contribution in [1.29, 1.82) is 0 Å². The first-order valence-electron chi connectivity index (χ1n) is 2.90. The topological polar surface area (TPSA) is 17.8 Å². The van der Waals surface area contributed by atoms with Crippen LogP contribution in [0.5, 0.6) is 0 Å². The number of halogens is 2. The fourth-order valence-electron chi connectivity index (χ4n) is 0.736. The molecule has 0 aliphatic carbocycles. The molecule has 0 unspecified atom stereocenters. The lowest BCUT2D eigenvalue weighted by atomic mass is 10.4. The zero-order valence-corrected chi connectivity index (χ0v) is 9.03. The lowest BCUT2D eigenvalue weighted by Crippen LogP contribution is -1.92. The quantitative estimate of drug-likeness (QED) is 0.715. The third-order valence-electron chi connectivity index (χ3n) is 1.45. The molecule has 1 rings (SSSR count). The van der Waals surface area contributed by atoms with Gasteiger partial charge in [-0.3, -0.25) is 4.68 Å². The molecule has 2 nitrogen and oxygen atoms in total. The van der Waals surface area contributed by atoms with Crippen LogP contribution in [0.25, 0.3) is 0 Å². The summed E-state index contributed by atoms with van der Waals surface area (Å²) in [6.07, 6.45) is 0. The van der Waals surface area contributed by atoms with Crippen molar-refractivity contribution in [2.24, 2.45) is 7.05 Å². The number of alkyl halides is 1. The number of aryl methyl sites for hydroxylation is 1. The van der Waals surface area contributed by atoms with Crippen molar-refractivity contribution in [2.45, 2.75) is 12.3 Å². The Morgan fingerprint density at radius 2 is 2.20 bits per heavy atom. The van der Waals surface area contributed by atoms with Gasteiger partial charge in [-0.1, -0.05) is 15.9 Å². The predicted octanol–water partition coefficient (Wildman–Crippen LogP) is 2.39. The molecule has 0 aliphatic rings. The normalized spacial score (nSPS) is 10.4. The monoisotopic (exact) mass is 266 g/mol. The van der Waals surface area contributed by atoms with Crippen LogP contribution < -0.4 is 0 Å². The molecule has 0 radical (unpaired) electrons. The van der Waals surface area contributed by atoms with Gasteiger partial charge in [0.2, 0.25) is 0 Å². The standard InChI is InChI=1S/C6H8Br2N2/c1-4-6(8)5(3-7)9-10(4)2/h3H2,1-2H3. The number of aromatic nitrogens is 2. The van der Waals surface area contributed by atoms with Crippen LogP contribution in [-0.4, -0.2) is 9.78 Å². The van der Waals surface area contributed by atoms with Crippen molar-refractivity contribution >= 4 is 31.9 Å². The van der Waals surface area contributed by atoms with Gasteiger partial charge in [-0.05, 0) is 22.9 Å². The van der Waals surface area contributed by atoms with Gasteiger partial charge in [-0.2, -0.15) is 5.10 Å². The molecule has 1 aromatic rings. The van der Waals surface area contributed by atoms with Gasteiger partial charge in [0, 0.05) is 18.1 Å². The molecule has 0 bridgehead atoms. The summed E-state index contributed by atoms with van der Waals surface area (Å²) in [6.45, 7) is 2.03. The summed E-state index contributed by atoms with van der Waals surface area (Å²) in [4.78, 5) is 0. The fraction of sp³-hybridized carbons (Fsp3) is 0.500. The van der Waals surface area contributed by atoms with E-state index in [9.17, 15) is 0 Å². The molecule has 56 valence electrons. The first kappa shape index (κ1) is 8.27. The summed E-state index contributed by atoms with van der Waals surface area (Å²) in [7, 11) is 1.94. The van der Waals surface area contributed by atoms with Crippen LogP contribution in [0.2, 0.25) is 0 Å². The molecule has 4 heteroatoms. The number of hydrogen-bond acceptors (Lipinski definition) is 1. The van der Waals surface area contributed by atoms with E-state index in [1.807, 2.05) is 18.7 Å². The SMILES string of the molecule is Cc1c(Br)c(CBr)nn1C. The van der Waals surface area contributed by atoms with Gasteiger partial charge in [0.1, 0.15) is 0 Å². The Morgan fingerprint density at radius 3 is 2.40 bits per heavy atom. The van der Waals surface area contributed by atoms with Crippen molar-refractivity contribution in [3.8, 4) is 0 Å². The van der Waals surface area contributed by atoms with Crippen LogP contribution in [0.3, 0.4) is 0 Å². The van der Waals surface area contributed by atoms with E-state index < -0.39 is 0 Å². The Balaban J connectivity index is 3.17. The van der Waals surface area contributed by atoms with E-state index in [4.69, 9.17) is 0 Å². The minimum atomic E-state index is 0.801. The van der Waals surface area contributed by atoms with Crippen LogP contribution in [0.15, 0.2) is 4.47 Å². The van der Waals surface area contributed by atoms with E-state index in [1.54, 1.807) is 0 Å². The largest absolute Gasteiger partial charge is 0.271 e. The molecule has 0 spiro atoms. The minimum absolute atomic E-state index is 0.801. The number of hydrogen-bond donors (Lipinski definition) is 0. The molecule has 0 saturated carbocycles. The minimum Gasteiger partial charge on any atom is -0.271 e. The second-order valence-electron chi connectivity index (χ2n) is 2.10. The summed E-state index contributed by atoms with van der Waals surface area (Å²) in [5.74, 6) is 0. The smallest absolute Gasteiger partial charge is 0.0874 e. The molecule has 10 heavy (non-hydrogen) atoms. The van der Waals surface area contributed by atoms with Crippen molar-refractivity contribution in [2.75, 3.05) is 0 Å². The van der Waals surface area contributed by atoms with Gasteiger partial charge in [0.05, 0.1) is 10.2 Å². The molecule has 1 heterocycles.